The van der Waals surface area contributed by atoms with E-state index in [0.29, 0.717) is 0 Å². The number of para-hydroxylation sites is 1. The molecule has 68 valence electrons. The summed E-state index contributed by atoms with van der Waals surface area (Å²) in [6.07, 6.45) is 1.82. The topological polar surface area (TPSA) is 28.7 Å². The smallest absolute Gasteiger partial charge is 0.0958 e. The molecule has 0 spiro atoms. The van der Waals surface area contributed by atoms with Crippen LogP contribution in [0.25, 0.3) is 21.9 Å². The predicted molar refractivity (Wildman–Crippen MR) is 61.3 cm³/mol. The second-order valence-corrected chi connectivity index (χ2v) is 4.14. The van der Waals surface area contributed by atoms with Crippen LogP contribution in [0.15, 0.2) is 41.0 Å². The summed E-state index contributed by atoms with van der Waals surface area (Å²) >= 11 is 3.41. The molecule has 2 nitrogen and oxygen atoms in total. The molecule has 0 saturated carbocycles. The molecule has 0 fully saturated rings. The summed E-state index contributed by atoms with van der Waals surface area (Å²) in [5, 5.41) is 1.18. The zero-order chi connectivity index (χ0) is 9.54. The van der Waals surface area contributed by atoms with Gasteiger partial charge in [0.25, 0.3) is 0 Å². The number of benzene rings is 1. The largest absolute Gasteiger partial charge is 0.353 e. The maximum atomic E-state index is 4.39. The molecule has 3 aromatic rings. The van der Waals surface area contributed by atoms with Crippen LogP contribution in [-0.4, -0.2) is 9.97 Å². The van der Waals surface area contributed by atoms with E-state index in [4.69, 9.17) is 0 Å². The van der Waals surface area contributed by atoms with Crippen molar-refractivity contribution in [3.63, 3.8) is 0 Å². The van der Waals surface area contributed by atoms with Gasteiger partial charge in [-0.3, -0.25) is 4.98 Å². The first kappa shape index (κ1) is 8.00. The number of rotatable bonds is 0. The number of fused-ring (bicyclic) bond motifs is 3. The molecular weight excluding hydrogens is 240 g/mol. The van der Waals surface area contributed by atoms with Gasteiger partial charge in [0.15, 0.2) is 0 Å². The second kappa shape index (κ2) is 2.82. The van der Waals surface area contributed by atoms with Crippen molar-refractivity contribution in [1.29, 1.82) is 0 Å². The average molecular weight is 247 g/mol. The normalized spacial score (nSPS) is 11.2. The Morgan fingerprint density at radius 1 is 1.14 bits per heavy atom. The van der Waals surface area contributed by atoms with Crippen molar-refractivity contribution >= 4 is 37.9 Å². The van der Waals surface area contributed by atoms with E-state index in [0.717, 1.165) is 21.0 Å². The van der Waals surface area contributed by atoms with Gasteiger partial charge in [-0.05, 0) is 28.1 Å². The number of nitrogens with zero attached hydrogens (tertiary/aromatic N) is 1. The zero-order valence-corrected chi connectivity index (χ0v) is 8.88. The summed E-state index contributed by atoms with van der Waals surface area (Å²) in [4.78, 5) is 7.72. The van der Waals surface area contributed by atoms with Crippen LogP contribution in [0.2, 0.25) is 0 Å². The van der Waals surface area contributed by atoms with Gasteiger partial charge in [0, 0.05) is 21.6 Å². The Hall–Kier alpha value is -1.35. The molecular formula is C11H7BrN2. The Balaban J connectivity index is 2.57. The Morgan fingerprint density at radius 2 is 2.00 bits per heavy atom. The average Bonchev–Trinajstić information content (AvgIpc) is 2.54. The van der Waals surface area contributed by atoms with Crippen LogP contribution in [0.5, 0.6) is 0 Å². The molecule has 1 N–H and O–H groups in total. The highest BCUT2D eigenvalue weighted by Gasteiger charge is 2.03. The molecule has 0 saturated heterocycles. The fraction of sp³-hybridized carbons (Fsp3) is 0. The minimum atomic E-state index is 0.997. The quantitative estimate of drug-likeness (QED) is 0.647. The molecule has 0 bridgehead atoms. The van der Waals surface area contributed by atoms with Crippen LogP contribution >= 0.6 is 15.9 Å². The van der Waals surface area contributed by atoms with Crippen LogP contribution in [0, 0.1) is 0 Å². The van der Waals surface area contributed by atoms with Gasteiger partial charge in [-0.25, -0.2) is 0 Å². The Bertz CT molecular complexity index is 613. The van der Waals surface area contributed by atoms with Crippen molar-refractivity contribution in [2.45, 2.75) is 0 Å². The first-order valence-electron chi connectivity index (χ1n) is 4.36. The monoisotopic (exact) mass is 246 g/mol. The highest BCUT2D eigenvalue weighted by Crippen LogP contribution is 2.24. The van der Waals surface area contributed by atoms with Gasteiger partial charge in [-0.2, -0.15) is 0 Å². The third kappa shape index (κ3) is 1.06. The summed E-state index contributed by atoms with van der Waals surface area (Å²) in [5.41, 5.74) is 3.23. The molecule has 0 amide bonds. The molecule has 0 radical (unpaired) electrons. The van der Waals surface area contributed by atoms with Crippen molar-refractivity contribution in [3.8, 4) is 0 Å². The number of hydrogen-bond acceptors (Lipinski definition) is 1. The van der Waals surface area contributed by atoms with Gasteiger partial charge in [-0.15, -0.1) is 0 Å². The molecule has 2 heterocycles. The van der Waals surface area contributed by atoms with Gasteiger partial charge in [0.05, 0.1) is 11.0 Å². The number of aromatic amines is 1. The van der Waals surface area contributed by atoms with Crippen LogP contribution in [0.1, 0.15) is 0 Å². The third-order valence-corrected chi connectivity index (χ3v) is 2.74. The minimum absolute atomic E-state index is 0.997. The van der Waals surface area contributed by atoms with Crippen molar-refractivity contribution in [2.24, 2.45) is 0 Å². The fourth-order valence-corrected chi connectivity index (χ4v) is 2.02. The molecule has 14 heavy (non-hydrogen) atoms. The number of H-pyrrole nitrogens is 1. The Kier molecular flexibility index (Phi) is 1.61. The molecule has 2 aromatic heterocycles. The molecule has 3 rings (SSSR count). The SMILES string of the molecule is Brc1cnc2c(c1)[nH]c1ccccc12. The number of halogens is 1. The van der Waals surface area contributed by atoms with E-state index in [-0.39, 0.29) is 0 Å². The van der Waals surface area contributed by atoms with Crippen LogP contribution in [0.4, 0.5) is 0 Å². The van der Waals surface area contributed by atoms with Crippen LogP contribution in [-0.2, 0) is 0 Å². The number of pyridine rings is 1. The van der Waals surface area contributed by atoms with E-state index < -0.39 is 0 Å². The molecule has 1 aromatic carbocycles. The summed E-state index contributed by atoms with van der Waals surface area (Å²) in [7, 11) is 0. The summed E-state index contributed by atoms with van der Waals surface area (Å²) in [6.45, 7) is 0. The van der Waals surface area contributed by atoms with Crippen molar-refractivity contribution in [2.75, 3.05) is 0 Å². The number of aromatic nitrogens is 2. The highest BCUT2D eigenvalue weighted by atomic mass is 79.9. The number of hydrogen-bond donors (Lipinski definition) is 1. The summed E-state index contributed by atoms with van der Waals surface area (Å²) < 4.78 is 0.997. The van der Waals surface area contributed by atoms with E-state index in [2.05, 4.69) is 38.0 Å². The van der Waals surface area contributed by atoms with E-state index in [1.54, 1.807) is 0 Å². The third-order valence-electron chi connectivity index (χ3n) is 2.31. The van der Waals surface area contributed by atoms with Crippen molar-refractivity contribution in [1.82, 2.24) is 9.97 Å². The van der Waals surface area contributed by atoms with E-state index in [9.17, 15) is 0 Å². The standard InChI is InChI=1S/C11H7BrN2/c12-7-5-10-11(13-6-7)8-3-1-2-4-9(8)14-10/h1-6,14H. The minimum Gasteiger partial charge on any atom is -0.353 e. The zero-order valence-electron chi connectivity index (χ0n) is 7.29. The maximum absolute atomic E-state index is 4.39. The van der Waals surface area contributed by atoms with Gasteiger partial charge >= 0.3 is 0 Å². The van der Waals surface area contributed by atoms with Gasteiger partial charge in [0.2, 0.25) is 0 Å². The van der Waals surface area contributed by atoms with E-state index in [1.807, 2.05) is 24.4 Å². The van der Waals surface area contributed by atoms with Crippen molar-refractivity contribution in [3.05, 3.63) is 41.0 Å². The first-order valence-corrected chi connectivity index (χ1v) is 5.16. The first-order chi connectivity index (χ1) is 6.84. The molecule has 0 aliphatic rings. The maximum Gasteiger partial charge on any atom is 0.0958 e. The lowest BCUT2D eigenvalue weighted by atomic mass is 10.2. The fourth-order valence-electron chi connectivity index (χ4n) is 1.69. The number of nitrogens with one attached hydrogen (secondary N) is 1. The van der Waals surface area contributed by atoms with Gasteiger partial charge in [0.1, 0.15) is 0 Å². The highest BCUT2D eigenvalue weighted by molar-refractivity contribution is 9.10. The Labute approximate surface area is 89.1 Å². The van der Waals surface area contributed by atoms with Crippen molar-refractivity contribution < 1.29 is 0 Å². The van der Waals surface area contributed by atoms with E-state index >= 15 is 0 Å². The van der Waals surface area contributed by atoms with Gasteiger partial charge in [-0.1, -0.05) is 18.2 Å². The molecule has 0 aliphatic heterocycles. The van der Waals surface area contributed by atoms with Gasteiger partial charge < -0.3 is 4.98 Å². The second-order valence-electron chi connectivity index (χ2n) is 3.22. The van der Waals surface area contributed by atoms with Crippen LogP contribution < -0.4 is 0 Å². The van der Waals surface area contributed by atoms with Crippen LogP contribution in [0.3, 0.4) is 0 Å². The molecule has 0 unspecified atom stereocenters. The molecule has 0 atom stereocenters. The van der Waals surface area contributed by atoms with E-state index in [1.165, 1.54) is 5.39 Å². The summed E-state index contributed by atoms with van der Waals surface area (Å²) in [6, 6.07) is 10.2. The lowest BCUT2D eigenvalue weighted by molar-refractivity contribution is 1.39. The predicted octanol–water partition coefficient (Wildman–Crippen LogP) is 3.48. The lowest BCUT2D eigenvalue weighted by Gasteiger charge is -1.90. The Morgan fingerprint density at radius 3 is 2.93 bits per heavy atom. The summed E-state index contributed by atoms with van der Waals surface area (Å²) in [5.74, 6) is 0. The molecule has 3 heteroatoms. The molecule has 0 aliphatic carbocycles. The lowest BCUT2D eigenvalue weighted by Crippen LogP contribution is -1.73.